The van der Waals surface area contributed by atoms with Crippen molar-refractivity contribution in [1.29, 1.82) is 5.26 Å². The molecule has 5 heteroatoms. The smallest absolute Gasteiger partial charge is 0.229 e. The van der Waals surface area contributed by atoms with Gasteiger partial charge in [0.15, 0.2) is 0 Å². The maximum absolute atomic E-state index is 11.8. The van der Waals surface area contributed by atoms with Crippen LogP contribution in [0.25, 0.3) is 0 Å². The second-order valence-corrected chi connectivity index (χ2v) is 5.37. The second-order valence-electron chi connectivity index (χ2n) is 5.37. The van der Waals surface area contributed by atoms with Gasteiger partial charge in [-0.1, -0.05) is 0 Å². The van der Waals surface area contributed by atoms with Crippen LogP contribution in [0.3, 0.4) is 0 Å². The van der Waals surface area contributed by atoms with Crippen molar-refractivity contribution in [3.05, 3.63) is 23.8 Å². The Labute approximate surface area is 118 Å². The average Bonchev–Trinajstić information content (AvgIpc) is 3.07. The molecule has 1 amide bonds. The lowest BCUT2D eigenvalue weighted by Gasteiger charge is -2.22. The minimum absolute atomic E-state index is 0.0877. The maximum Gasteiger partial charge on any atom is 0.229 e. The summed E-state index contributed by atoms with van der Waals surface area (Å²) < 4.78 is 0. The maximum atomic E-state index is 11.8. The largest absolute Gasteiger partial charge is 0.391 e. The summed E-state index contributed by atoms with van der Waals surface area (Å²) in [5.41, 5.74) is 2.24. The molecule has 1 unspecified atom stereocenters. The first kappa shape index (κ1) is 12.9. The Hall–Kier alpha value is -2.06. The van der Waals surface area contributed by atoms with Crippen LogP contribution in [0.15, 0.2) is 18.2 Å². The van der Waals surface area contributed by atoms with Crippen molar-refractivity contribution in [2.45, 2.75) is 25.4 Å². The molecule has 104 valence electrons. The predicted molar refractivity (Wildman–Crippen MR) is 75.6 cm³/mol. The van der Waals surface area contributed by atoms with Crippen LogP contribution in [0.1, 0.15) is 24.8 Å². The number of hydrogen-bond donors (Lipinski definition) is 1. The van der Waals surface area contributed by atoms with E-state index in [1.54, 1.807) is 11.0 Å². The van der Waals surface area contributed by atoms with Crippen molar-refractivity contribution in [2.24, 2.45) is 0 Å². The molecular formula is C15H17N3O2. The summed E-state index contributed by atoms with van der Waals surface area (Å²) in [6.07, 6.45) is 1.87. The first-order chi connectivity index (χ1) is 9.69. The van der Waals surface area contributed by atoms with Crippen LogP contribution in [-0.2, 0) is 4.79 Å². The monoisotopic (exact) mass is 271 g/mol. The number of hydrogen-bond acceptors (Lipinski definition) is 4. The minimum Gasteiger partial charge on any atom is -0.391 e. The van der Waals surface area contributed by atoms with Gasteiger partial charge in [0.25, 0.3) is 0 Å². The fourth-order valence-electron chi connectivity index (χ4n) is 2.95. The molecule has 2 heterocycles. The number of benzene rings is 1. The minimum atomic E-state index is -0.605. The number of nitriles is 1. The Bertz CT molecular complexity index is 573. The molecule has 5 nitrogen and oxygen atoms in total. The number of amides is 1. The highest BCUT2D eigenvalue weighted by Crippen LogP contribution is 2.30. The zero-order valence-electron chi connectivity index (χ0n) is 11.2. The third-order valence-electron chi connectivity index (χ3n) is 3.96. The van der Waals surface area contributed by atoms with Gasteiger partial charge in [0, 0.05) is 18.8 Å². The quantitative estimate of drug-likeness (QED) is 0.879. The number of carbonyl (C=O) groups is 1. The van der Waals surface area contributed by atoms with Crippen LogP contribution in [-0.4, -0.2) is 36.8 Å². The van der Waals surface area contributed by atoms with Crippen molar-refractivity contribution in [3.63, 3.8) is 0 Å². The van der Waals surface area contributed by atoms with E-state index < -0.39 is 6.10 Å². The van der Waals surface area contributed by atoms with Gasteiger partial charge in [0.05, 0.1) is 30.3 Å². The molecule has 2 saturated heterocycles. The zero-order valence-corrected chi connectivity index (χ0v) is 11.2. The van der Waals surface area contributed by atoms with Gasteiger partial charge in [-0.15, -0.1) is 0 Å². The number of nitrogens with zero attached hydrogens (tertiary/aromatic N) is 3. The standard InChI is InChI=1S/C15H17N3O2/c16-9-11-7-12(18-10-13(19)8-15(18)20)3-4-14(11)17-5-1-2-6-17/h3-4,7,13,19H,1-2,5-6,8,10H2. The molecule has 0 bridgehead atoms. The highest BCUT2D eigenvalue weighted by atomic mass is 16.3. The Morgan fingerprint density at radius 1 is 1.30 bits per heavy atom. The molecule has 2 aliphatic heterocycles. The van der Waals surface area contributed by atoms with E-state index in [4.69, 9.17) is 0 Å². The molecule has 0 spiro atoms. The van der Waals surface area contributed by atoms with E-state index in [1.165, 1.54) is 0 Å². The Kier molecular flexibility index (Phi) is 3.33. The lowest BCUT2D eigenvalue weighted by atomic mass is 10.1. The second kappa shape index (κ2) is 5.14. The molecule has 1 N–H and O–H groups in total. The number of anilines is 2. The summed E-state index contributed by atoms with van der Waals surface area (Å²) >= 11 is 0. The number of carbonyl (C=O) groups excluding carboxylic acids is 1. The fourth-order valence-corrected chi connectivity index (χ4v) is 2.95. The van der Waals surface area contributed by atoms with Gasteiger partial charge in [-0.25, -0.2) is 0 Å². The van der Waals surface area contributed by atoms with Crippen molar-refractivity contribution >= 4 is 17.3 Å². The Morgan fingerprint density at radius 2 is 2.05 bits per heavy atom. The van der Waals surface area contributed by atoms with Crippen LogP contribution in [0.2, 0.25) is 0 Å². The zero-order chi connectivity index (χ0) is 14.1. The molecule has 3 rings (SSSR count). The van der Waals surface area contributed by atoms with Gasteiger partial charge in [0.1, 0.15) is 6.07 Å². The van der Waals surface area contributed by atoms with Crippen LogP contribution >= 0.6 is 0 Å². The topological polar surface area (TPSA) is 67.6 Å². The SMILES string of the molecule is N#Cc1cc(N2CC(O)CC2=O)ccc1N1CCCC1. The highest BCUT2D eigenvalue weighted by Gasteiger charge is 2.29. The number of aliphatic hydroxyl groups is 1. The van der Waals surface area contributed by atoms with Gasteiger partial charge in [-0.2, -0.15) is 5.26 Å². The van der Waals surface area contributed by atoms with Crippen molar-refractivity contribution < 1.29 is 9.90 Å². The summed E-state index contributed by atoms with van der Waals surface area (Å²) in [5, 5.41) is 18.9. The summed E-state index contributed by atoms with van der Waals surface area (Å²) in [7, 11) is 0. The van der Waals surface area contributed by atoms with E-state index in [1.807, 2.05) is 12.1 Å². The molecular weight excluding hydrogens is 254 g/mol. The van der Waals surface area contributed by atoms with Gasteiger partial charge in [-0.3, -0.25) is 4.79 Å². The van der Waals surface area contributed by atoms with E-state index in [-0.39, 0.29) is 12.3 Å². The fraction of sp³-hybridized carbons (Fsp3) is 0.467. The summed E-state index contributed by atoms with van der Waals surface area (Å²) in [6.45, 7) is 2.28. The van der Waals surface area contributed by atoms with Crippen molar-refractivity contribution in [2.75, 3.05) is 29.4 Å². The molecule has 20 heavy (non-hydrogen) atoms. The Balaban J connectivity index is 1.91. The average molecular weight is 271 g/mol. The third-order valence-corrected chi connectivity index (χ3v) is 3.96. The first-order valence-electron chi connectivity index (χ1n) is 6.96. The molecule has 0 aliphatic carbocycles. The molecule has 0 radical (unpaired) electrons. The molecule has 2 aliphatic rings. The van der Waals surface area contributed by atoms with E-state index in [0.717, 1.165) is 31.6 Å². The van der Waals surface area contributed by atoms with Crippen LogP contribution in [0, 0.1) is 11.3 Å². The molecule has 1 atom stereocenters. The first-order valence-corrected chi connectivity index (χ1v) is 6.96. The molecule has 2 fully saturated rings. The molecule has 0 saturated carbocycles. The molecule has 1 aromatic carbocycles. The summed E-state index contributed by atoms with van der Waals surface area (Å²) in [6, 6.07) is 7.75. The third kappa shape index (κ3) is 2.23. The van der Waals surface area contributed by atoms with E-state index in [9.17, 15) is 15.2 Å². The van der Waals surface area contributed by atoms with Crippen LogP contribution in [0.4, 0.5) is 11.4 Å². The number of rotatable bonds is 2. The van der Waals surface area contributed by atoms with Crippen molar-refractivity contribution in [1.82, 2.24) is 0 Å². The van der Waals surface area contributed by atoms with Gasteiger partial charge < -0.3 is 14.9 Å². The van der Waals surface area contributed by atoms with Gasteiger partial charge in [0.2, 0.25) is 5.91 Å². The normalized spacial score (nSPS) is 22.4. The number of aliphatic hydroxyl groups excluding tert-OH is 1. The van der Waals surface area contributed by atoms with E-state index in [2.05, 4.69) is 11.0 Å². The van der Waals surface area contributed by atoms with Gasteiger partial charge >= 0.3 is 0 Å². The van der Waals surface area contributed by atoms with E-state index in [0.29, 0.717) is 17.8 Å². The highest BCUT2D eigenvalue weighted by molar-refractivity contribution is 5.96. The Morgan fingerprint density at radius 3 is 2.65 bits per heavy atom. The number of β-amino-alcohol motifs (C(OH)–C–C–N with tert-alkyl or cyclic N) is 1. The molecule has 1 aromatic rings. The van der Waals surface area contributed by atoms with Crippen LogP contribution in [0.5, 0.6) is 0 Å². The predicted octanol–water partition coefficient (Wildman–Crippen LogP) is 1.26. The summed E-state index contributed by atoms with van der Waals surface area (Å²) in [5.74, 6) is -0.0877. The van der Waals surface area contributed by atoms with E-state index >= 15 is 0 Å². The van der Waals surface area contributed by atoms with Crippen molar-refractivity contribution in [3.8, 4) is 6.07 Å². The summed E-state index contributed by atoms with van der Waals surface area (Å²) in [4.78, 5) is 15.6. The van der Waals surface area contributed by atoms with Crippen LogP contribution < -0.4 is 9.80 Å². The lowest BCUT2D eigenvalue weighted by molar-refractivity contribution is -0.117. The lowest BCUT2D eigenvalue weighted by Crippen LogP contribution is -2.25. The van der Waals surface area contributed by atoms with Gasteiger partial charge in [-0.05, 0) is 31.0 Å². The molecule has 0 aromatic heterocycles.